The first-order valence-corrected chi connectivity index (χ1v) is 7.60. The molecule has 20 heavy (non-hydrogen) atoms. The summed E-state index contributed by atoms with van der Waals surface area (Å²) in [6.07, 6.45) is 0. The third-order valence-corrected chi connectivity index (χ3v) is 3.99. The van der Waals surface area contributed by atoms with Gasteiger partial charge in [-0.25, -0.2) is 0 Å². The maximum Gasteiger partial charge on any atom is 0.321 e. The molecule has 0 aromatic heterocycles. The van der Waals surface area contributed by atoms with Crippen LogP contribution in [0, 0.1) is 0 Å². The van der Waals surface area contributed by atoms with E-state index in [4.69, 9.17) is 45.6 Å². The van der Waals surface area contributed by atoms with E-state index >= 15 is 0 Å². The molecular weight excluding hydrogens is 347 g/mol. The van der Waals surface area contributed by atoms with E-state index in [1.54, 1.807) is 0 Å². The second-order valence-electron chi connectivity index (χ2n) is 3.75. The Bertz CT molecular complexity index is 505. The molecule has 4 N–H and O–H groups in total. The van der Waals surface area contributed by atoms with E-state index in [1.807, 2.05) is 0 Å². The number of carboxylic acids is 1. The van der Waals surface area contributed by atoms with E-state index in [0.717, 1.165) is 11.8 Å². The van der Waals surface area contributed by atoms with E-state index in [1.165, 1.54) is 12.1 Å². The maximum absolute atomic E-state index is 11.7. The Kier molecular flexibility index (Phi) is 6.91. The first-order chi connectivity index (χ1) is 9.31. The van der Waals surface area contributed by atoms with Crippen LogP contribution in [0.5, 0.6) is 0 Å². The van der Waals surface area contributed by atoms with E-state index in [0.29, 0.717) is 5.02 Å². The number of nitrogens with one attached hydrogen (secondary N) is 1. The predicted molar refractivity (Wildman–Crippen MR) is 83.0 cm³/mol. The van der Waals surface area contributed by atoms with Gasteiger partial charge in [0.05, 0.1) is 21.5 Å². The number of aliphatic carboxylic acids is 1. The number of hydrogen-bond donors (Lipinski definition) is 3. The fourth-order valence-electron chi connectivity index (χ4n) is 1.19. The van der Waals surface area contributed by atoms with Gasteiger partial charge in [0.2, 0.25) is 5.91 Å². The van der Waals surface area contributed by atoms with Crippen LogP contribution in [-0.2, 0) is 9.59 Å². The number of halogens is 3. The van der Waals surface area contributed by atoms with Crippen LogP contribution < -0.4 is 11.1 Å². The molecule has 1 aromatic carbocycles. The highest BCUT2D eigenvalue weighted by Crippen LogP contribution is 2.33. The fourth-order valence-corrected chi connectivity index (χ4v) is 2.87. The summed E-state index contributed by atoms with van der Waals surface area (Å²) in [5.74, 6) is -1.30. The quantitative estimate of drug-likeness (QED) is 0.728. The van der Waals surface area contributed by atoms with Crippen molar-refractivity contribution in [2.45, 2.75) is 6.04 Å². The van der Waals surface area contributed by atoms with Crippen molar-refractivity contribution in [3.8, 4) is 0 Å². The van der Waals surface area contributed by atoms with Crippen LogP contribution in [0.25, 0.3) is 0 Å². The van der Waals surface area contributed by atoms with Gasteiger partial charge in [0.25, 0.3) is 0 Å². The summed E-state index contributed by atoms with van der Waals surface area (Å²) in [6.45, 7) is 0. The molecule has 5 nitrogen and oxygen atoms in total. The smallest absolute Gasteiger partial charge is 0.321 e. The van der Waals surface area contributed by atoms with E-state index in [9.17, 15) is 9.59 Å². The largest absolute Gasteiger partial charge is 0.480 e. The highest BCUT2D eigenvalue weighted by atomic mass is 35.5. The number of amides is 1. The van der Waals surface area contributed by atoms with Gasteiger partial charge in [0.15, 0.2) is 0 Å². The van der Waals surface area contributed by atoms with Crippen LogP contribution in [0.4, 0.5) is 5.69 Å². The molecule has 1 aromatic rings. The summed E-state index contributed by atoms with van der Waals surface area (Å²) in [5, 5.41) is 11.9. The molecule has 0 heterocycles. The highest BCUT2D eigenvalue weighted by Gasteiger charge is 2.14. The first-order valence-electron chi connectivity index (χ1n) is 5.31. The molecule has 9 heteroatoms. The Labute approximate surface area is 134 Å². The van der Waals surface area contributed by atoms with Crippen LogP contribution in [0.1, 0.15) is 0 Å². The molecule has 110 valence electrons. The Morgan fingerprint density at radius 1 is 1.30 bits per heavy atom. The van der Waals surface area contributed by atoms with Crippen LogP contribution in [-0.4, -0.2) is 34.5 Å². The van der Waals surface area contributed by atoms with Crippen LogP contribution in [0.3, 0.4) is 0 Å². The third-order valence-electron chi connectivity index (χ3n) is 2.12. The lowest BCUT2D eigenvalue weighted by atomic mass is 10.3. The maximum atomic E-state index is 11.7. The molecule has 0 radical (unpaired) electrons. The third kappa shape index (κ3) is 5.38. The molecule has 0 fully saturated rings. The number of benzene rings is 1. The molecule has 0 aliphatic heterocycles. The zero-order valence-electron chi connectivity index (χ0n) is 10.0. The number of hydrogen-bond acceptors (Lipinski definition) is 4. The van der Waals surface area contributed by atoms with Gasteiger partial charge in [-0.15, -0.1) is 11.8 Å². The minimum absolute atomic E-state index is 0.0380. The number of carboxylic acid groups (broad SMARTS) is 1. The van der Waals surface area contributed by atoms with Crippen molar-refractivity contribution in [2.24, 2.45) is 5.73 Å². The highest BCUT2D eigenvalue weighted by molar-refractivity contribution is 8.00. The Balaban J connectivity index is 2.53. The molecule has 0 aliphatic rings. The monoisotopic (exact) mass is 356 g/mol. The summed E-state index contributed by atoms with van der Waals surface area (Å²) >= 11 is 18.7. The molecule has 1 atom stereocenters. The Hall–Kier alpha value is -0.660. The standard InChI is InChI=1S/C11H11Cl3N2O3S/c12-5-1-6(13)10(7(14)2-5)16-9(17)4-20-3-8(15)11(18)19/h1-2,8H,3-4,15H2,(H,16,17)(H,18,19)/t8-/m1/s1. The van der Waals surface area contributed by atoms with Crippen molar-refractivity contribution in [1.82, 2.24) is 0 Å². The minimum Gasteiger partial charge on any atom is -0.480 e. The fraction of sp³-hybridized carbons (Fsp3) is 0.273. The minimum atomic E-state index is -1.11. The molecule has 0 spiro atoms. The molecule has 0 saturated heterocycles. The predicted octanol–water partition coefficient (Wildman–Crippen LogP) is 2.73. The molecule has 1 amide bonds. The van der Waals surface area contributed by atoms with E-state index in [2.05, 4.69) is 5.32 Å². The number of nitrogens with two attached hydrogens (primary N) is 1. The average Bonchev–Trinajstić information content (AvgIpc) is 2.33. The Morgan fingerprint density at radius 3 is 2.35 bits per heavy atom. The lowest BCUT2D eigenvalue weighted by Crippen LogP contribution is -2.33. The van der Waals surface area contributed by atoms with Gasteiger partial charge < -0.3 is 16.2 Å². The molecule has 0 saturated carbocycles. The number of carbonyl (C=O) groups is 2. The Morgan fingerprint density at radius 2 is 1.85 bits per heavy atom. The average molecular weight is 358 g/mol. The topological polar surface area (TPSA) is 92.4 Å². The molecule has 0 aliphatic carbocycles. The lowest BCUT2D eigenvalue weighted by Gasteiger charge is -2.10. The molecular formula is C11H11Cl3N2O3S. The van der Waals surface area contributed by atoms with Crippen LogP contribution >= 0.6 is 46.6 Å². The summed E-state index contributed by atoms with van der Waals surface area (Å²) in [5.41, 5.74) is 5.58. The molecule has 0 unspecified atom stereocenters. The van der Waals surface area contributed by atoms with Gasteiger partial charge in [-0.05, 0) is 12.1 Å². The zero-order valence-corrected chi connectivity index (χ0v) is 13.1. The van der Waals surface area contributed by atoms with E-state index in [-0.39, 0.29) is 33.1 Å². The number of carbonyl (C=O) groups excluding carboxylic acids is 1. The van der Waals surface area contributed by atoms with Crippen molar-refractivity contribution in [3.05, 3.63) is 27.2 Å². The van der Waals surface area contributed by atoms with Gasteiger partial charge >= 0.3 is 5.97 Å². The van der Waals surface area contributed by atoms with Crippen molar-refractivity contribution in [1.29, 1.82) is 0 Å². The lowest BCUT2D eigenvalue weighted by molar-refractivity contribution is -0.137. The summed E-state index contributed by atoms with van der Waals surface area (Å²) in [7, 11) is 0. The van der Waals surface area contributed by atoms with Gasteiger partial charge in [-0.1, -0.05) is 34.8 Å². The summed E-state index contributed by atoms with van der Waals surface area (Å²) in [4.78, 5) is 22.2. The summed E-state index contributed by atoms with van der Waals surface area (Å²) in [6, 6.07) is 1.91. The summed E-state index contributed by atoms with van der Waals surface area (Å²) < 4.78 is 0. The van der Waals surface area contributed by atoms with Gasteiger partial charge in [0, 0.05) is 10.8 Å². The first kappa shape index (κ1) is 17.4. The SMILES string of the molecule is N[C@H](CSCC(=O)Nc1c(Cl)cc(Cl)cc1Cl)C(=O)O. The molecule has 1 rings (SSSR count). The van der Waals surface area contributed by atoms with Crippen molar-refractivity contribution in [2.75, 3.05) is 16.8 Å². The number of anilines is 1. The van der Waals surface area contributed by atoms with E-state index < -0.39 is 12.0 Å². The second-order valence-corrected chi connectivity index (χ2v) is 6.03. The van der Waals surface area contributed by atoms with Crippen molar-refractivity contribution in [3.63, 3.8) is 0 Å². The normalized spacial score (nSPS) is 12.0. The van der Waals surface area contributed by atoms with Gasteiger partial charge in [0.1, 0.15) is 6.04 Å². The van der Waals surface area contributed by atoms with Crippen molar-refractivity contribution >= 4 is 64.1 Å². The van der Waals surface area contributed by atoms with Crippen LogP contribution in [0.2, 0.25) is 15.1 Å². The second kappa shape index (κ2) is 7.95. The van der Waals surface area contributed by atoms with Gasteiger partial charge in [-0.3, -0.25) is 9.59 Å². The molecule has 0 bridgehead atoms. The zero-order chi connectivity index (χ0) is 15.3. The number of rotatable bonds is 6. The number of thioether (sulfide) groups is 1. The van der Waals surface area contributed by atoms with Gasteiger partial charge in [-0.2, -0.15) is 0 Å². The van der Waals surface area contributed by atoms with Crippen LogP contribution in [0.15, 0.2) is 12.1 Å². The van der Waals surface area contributed by atoms with Crippen molar-refractivity contribution < 1.29 is 14.7 Å².